The number of hydrogen-bond acceptors (Lipinski definition) is 2. The Labute approximate surface area is 135 Å². The topological polar surface area (TPSA) is 29.1 Å². The van der Waals surface area contributed by atoms with Gasteiger partial charge in [-0.2, -0.15) is 0 Å². The normalized spacial score (nSPS) is 15.5. The third-order valence-electron chi connectivity index (χ3n) is 3.83. The van der Waals surface area contributed by atoms with E-state index < -0.39 is 0 Å². The first-order valence-corrected chi connectivity index (χ1v) is 8.52. The van der Waals surface area contributed by atoms with Crippen molar-refractivity contribution in [3.8, 4) is 0 Å². The molecule has 5 heteroatoms. The molecule has 21 heavy (non-hydrogen) atoms. The van der Waals surface area contributed by atoms with Crippen molar-refractivity contribution in [1.82, 2.24) is 0 Å². The van der Waals surface area contributed by atoms with Crippen LogP contribution in [0, 0.1) is 19.7 Å². The van der Waals surface area contributed by atoms with Crippen LogP contribution in [0.1, 0.15) is 37.7 Å². The quantitative estimate of drug-likeness (QED) is 0.753. The van der Waals surface area contributed by atoms with Gasteiger partial charge in [0.05, 0.1) is 4.83 Å². The predicted molar refractivity (Wildman–Crippen MR) is 87.9 cm³/mol. The van der Waals surface area contributed by atoms with Crippen molar-refractivity contribution < 1.29 is 9.18 Å². The lowest BCUT2D eigenvalue weighted by Gasteiger charge is -2.19. The molecule has 1 aromatic carbocycles. The highest BCUT2D eigenvalue weighted by Gasteiger charge is 2.22. The fourth-order valence-corrected chi connectivity index (χ4v) is 4.30. The number of aryl methyl sites for hydroxylation is 3. The zero-order chi connectivity index (χ0) is 15.1. The van der Waals surface area contributed by atoms with Crippen LogP contribution in [0.25, 0.3) is 0 Å². The standard InChI is InChI=1S/C16H15BrFNOS/c1-8-5-14(21-9(8)2)16(17)11-6-10-3-4-15(20)19-13(10)7-12(11)18/h5-7,16H,3-4H2,1-2H3,(H,19,20). The highest BCUT2D eigenvalue weighted by Crippen LogP contribution is 2.39. The van der Waals surface area contributed by atoms with Gasteiger partial charge < -0.3 is 5.32 Å². The SMILES string of the molecule is Cc1cc(C(Br)c2cc3c(cc2F)NC(=O)CC3)sc1C. The molecule has 1 aliphatic rings. The minimum atomic E-state index is -0.290. The van der Waals surface area contributed by atoms with E-state index in [2.05, 4.69) is 41.2 Å². The van der Waals surface area contributed by atoms with Gasteiger partial charge in [0, 0.05) is 27.4 Å². The third kappa shape index (κ3) is 2.77. The molecule has 1 aromatic heterocycles. The summed E-state index contributed by atoms with van der Waals surface area (Å²) in [4.78, 5) is 13.6. The zero-order valence-corrected chi connectivity index (χ0v) is 14.2. The van der Waals surface area contributed by atoms with Gasteiger partial charge in [-0.15, -0.1) is 11.3 Å². The van der Waals surface area contributed by atoms with Crippen molar-refractivity contribution in [3.05, 3.63) is 50.5 Å². The van der Waals surface area contributed by atoms with E-state index in [4.69, 9.17) is 0 Å². The minimum absolute atomic E-state index is 0.0467. The van der Waals surface area contributed by atoms with E-state index in [0.717, 1.165) is 10.4 Å². The van der Waals surface area contributed by atoms with Crippen LogP contribution in [-0.2, 0) is 11.2 Å². The maximum Gasteiger partial charge on any atom is 0.224 e. The Morgan fingerprint density at radius 1 is 1.29 bits per heavy atom. The summed E-state index contributed by atoms with van der Waals surface area (Å²) in [5.74, 6) is -0.337. The molecule has 0 radical (unpaired) electrons. The first kappa shape index (κ1) is 14.7. The molecule has 2 aromatic rings. The largest absolute Gasteiger partial charge is 0.326 e. The van der Waals surface area contributed by atoms with Gasteiger partial charge in [0.2, 0.25) is 5.91 Å². The lowest BCUT2D eigenvalue weighted by Crippen LogP contribution is -2.19. The molecule has 0 spiro atoms. The van der Waals surface area contributed by atoms with Crippen molar-refractivity contribution in [3.63, 3.8) is 0 Å². The first-order chi connectivity index (χ1) is 9.95. The van der Waals surface area contributed by atoms with Crippen molar-refractivity contribution >= 4 is 38.9 Å². The summed E-state index contributed by atoms with van der Waals surface area (Å²) in [7, 11) is 0. The summed E-state index contributed by atoms with van der Waals surface area (Å²) >= 11 is 5.30. The summed E-state index contributed by atoms with van der Waals surface area (Å²) in [5, 5.41) is 2.73. The fraction of sp³-hybridized carbons (Fsp3) is 0.312. The summed E-state index contributed by atoms with van der Waals surface area (Å²) in [6, 6.07) is 5.40. The molecule has 0 saturated heterocycles. The molecule has 0 bridgehead atoms. The molecular weight excluding hydrogens is 353 g/mol. The Kier molecular flexibility index (Phi) is 3.88. The number of alkyl halides is 1. The molecule has 3 rings (SSSR count). The molecule has 1 aliphatic heterocycles. The van der Waals surface area contributed by atoms with Crippen LogP contribution >= 0.6 is 27.3 Å². The third-order valence-corrected chi connectivity index (χ3v) is 6.33. The van der Waals surface area contributed by atoms with E-state index in [-0.39, 0.29) is 16.6 Å². The minimum Gasteiger partial charge on any atom is -0.326 e. The van der Waals surface area contributed by atoms with Gasteiger partial charge in [-0.1, -0.05) is 15.9 Å². The van der Waals surface area contributed by atoms with E-state index >= 15 is 0 Å². The summed E-state index contributed by atoms with van der Waals surface area (Å²) in [6.45, 7) is 4.13. The van der Waals surface area contributed by atoms with Crippen molar-refractivity contribution in [2.24, 2.45) is 0 Å². The number of thiophene rings is 1. The Hall–Kier alpha value is -1.20. The Bertz CT molecular complexity index is 706. The molecule has 1 atom stereocenters. The second-order valence-electron chi connectivity index (χ2n) is 5.33. The lowest BCUT2D eigenvalue weighted by molar-refractivity contribution is -0.116. The van der Waals surface area contributed by atoms with Gasteiger partial charge in [-0.05, 0) is 49.6 Å². The number of nitrogens with one attached hydrogen (secondary N) is 1. The number of anilines is 1. The van der Waals surface area contributed by atoms with Gasteiger partial charge in [-0.3, -0.25) is 4.79 Å². The van der Waals surface area contributed by atoms with Crippen molar-refractivity contribution in [2.45, 2.75) is 31.5 Å². The van der Waals surface area contributed by atoms with Crippen LogP contribution in [0.4, 0.5) is 10.1 Å². The summed E-state index contributed by atoms with van der Waals surface area (Å²) in [6.07, 6.45) is 1.12. The van der Waals surface area contributed by atoms with E-state index in [1.807, 2.05) is 6.07 Å². The van der Waals surface area contributed by atoms with Crippen molar-refractivity contribution in [2.75, 3.05) is 5.32 Å². The second-order valence-corrected chi connectivity index (χ2v) is 7.53. The Morgan fingerprint density at radius 2 is 2.05 bits per heavy atom. The number of amides is 1. The number of rotatable bonds is 2. The molecule has 110 valence electrons. The fourth-order valence-electron chi connectivity index (χ4n) is 2.50. The molecule has 0 saturated carbocycles. The van der Waals surface area contributed by atoms with Crippen LogP contribution < -0.4 is 5.32 Å². The van der Waals surface area contributed by atoms with Crippen molar-refractivity contribution in [1.29, 1.82) is 0 Å². The average molecular weight is 368 g/mol. The Balaban J connectivity index is 2.00. The molecule has 1 unspecified atom stereocenters. The predicted octanol–water partition coefficient (Wildman–Crippen LogP) is 4.87. The van der Waals surface area contributed by atoms with Gasteiger partial charge in [0.15, 0.2) is 0 Å². The average Bonchev–Trinajstić information content (AvgIpc) is 2.77. The molecule has 0 fully saturated rings. The molecular formula is C16H15BrFNOS. The highest BCUT2D eigenvalue weighted by molar-refractivity contribution is 9.09. The number of fused-ring (bicyclic) bond motifs is 1. The lowest BCUT2D eigenvalue weighted by atomic mass is 9.98. The zero-order valence-electron chi connectivity index (χ0n) is 11.8. The number of halogens is 2. The van der Waals surface area contributed by atoms with E-state index in [1.54, 1.807) is 11.3 Å². The van der Waals surface area contributed by atoms with Gasteiger partial charge in [0.1, 0.15) is 5.82 Å². The van der Waals surface area contributed by atoms with E-state index in [9.17, 15) is 9.18 Å². The maximum absolute atomic E-state index is 14.4. The molecule has 0 aliphatic carbocycles. The second kappa shape index (κ2) is 5.54. The van der Waals surface area contributed by atoms with Crippen LogP contribution in [0.2, 0.25) is 0 Å². The van der Waals surface area contributed by atoms with Crippen LogP contribution in [-0.4, -0.2) is 5.91 Å². The summed E-state index contributed by atoms with van der Waals surface area (Å²) < 4.78 is 14.4. The number of carbonyl (C=O) groups excluding carboxylic acids is 1. The van der Waals surface area contributed by atoms with Crippen LogP contribution in [0.3, 0.4) is 0 Å². The van der Waals surface area contributed by atoms with Gasteiger partial charge >= 0.3 is 0 Å². The molecule has 2 heterocycles. The van der Waals surface area contributed by atoms with E-state index in [1.165, 1.54) is 16.5 Å². The highest BCUT2D eigenvalue weighted by atomic mass is 79.9. The monoisotopic (exact) mass is 367 g/mol. The summed E-state index contributed by atoms with van der Waals surface area (Å²) in [5.41, 5.74) is 3.46. The van der Waals surface area contributed by atoms with E-state index in [0.29, 0.717) is 24.1 Å². The smallest absolute Gasteiger partial charge is 0.224 e. The molecule has 1 N–H and O–H groups in total. The Morgan fingerprint density at radius 3 is 2.71 bits per heavy atom. The number of benzene rings is 1. The number of hydrogen-bond donors (Lipinski definition) is 1. The molecule has 1 amide bonds. The van der Waals surface area contributed by atoms with Gasteiger partial charge in [0.25, 0.3) is 0 Å². The maximum atomic E-state index is 14.4. The van der Waals surface area contributed by atoms with Gasteiger partial charge in [-0.25, -0.2) is 4.39 Å². The molecule has 2 nitrogen and oxygen atoms in total. The number of carbonyl (C=O) groups is 1. The first-order valence-electron chi connectivity index (χ1n) is 6.79. The van der Waals surface area contributed by atoms with Crippen LogP contribution in [0.5, 0.6) is 0 Å². The van der Waals surface area contributed by atoms with Crippen LogP contribution in [0.15, 0.2) is 18.2 Å².